The molecule has 3 N–H and O–H groups in total. The molecule has 0 aliphatic rings. The number of nitrogens with one attached hydrogen (secondary N) is 2. The Balaban J connectivity index is 4.18. The first-order chi connectivity index (χ1) is 8.45. The van der Waals surface area contributed by atoms with Crippen LogP contribution in [0.25, 0.3) is 0 Å². The molecular weight excluding hydrogens is 244 g/mol. The predicted octanol–water partition coefficient (Wildman–Crippen LogP) is 2.04. The average molecular weight is 274 g/mol. The molecular formula is C14H30N2O3. The van der Waals surface area contributed by atoms with E-state index < -0.39 is 17.3 Å². The van der Waals surface area contributed by atoms with Crippen molar-refractivity contribution in [2.75, 3.05) is 6.54 Å². The summed E-state index contributed by atoms with van der Waals surface area (Å²) in [4.78, 5) is 11.6. The third kappa shape index (κ3) is 8.83. The van der Waals surface area contributed by atoms with Gasteiger partial charge in [0.25, 0.3) is 0 Å². The number of aliphatic hydroxyl groups is 1. The van der Waals surface area contributed by atoms with Gasteiger partial charge in [-0.05, 0) is 48.0 Å². The summed E-state index contributed by atoms with van der Waals surface area (Å²) in [5, 5.41) is 15.9. The van der Waals surface area contributed by atoms with E-state index in [4.69, 9.17) is 4.74 Å². The van der Waals surface area contributed by atoms with E-state index in [1.54, 1.807) is 13.8 Å². The van der Waals surface area contributed by atoms with Crippen LogP contribution in [-0.2, 0) is 4.74 Å². The highest BCUT2D eigenvalue weighted by molar-refractivity contribution is 5.67. The number of hydrogen-bond acceptors (Lipinski definition) is 4. The smallest absolute Gasteiger partial charge is 0.407 e. The maximum atomic E-state index is 11.6. The van der Waals surface area contributed by atoms with Crippen LogP contribution < -0.4 is 10.6 Å². The highest BCUT2D eigenvalue weighted by Crippen LogP contribution is 2.09. The minimum atomic E-state index is -0.792. The molecule has 1 amide bonds. The summed E-state index contributed by atoms with van der Waals surface area (Å²) in [7, 11) is 0. The lowest BCUT2D eigenvalue weighted by Gasteiger charge is -2.31. The van der Waals surface area contributed by atoms with Gasteiger partial charge in [-0.2, -0.15) is 0 Å². The van der Waals surface area contributed by atoms with Crippen LogP contribution in [0.5, 0.6) is 0 Å². The number of carbonyl (C=O) groups is 1. The normalized spacial score (nSPS) is 15.8. The van der Waals surface area contributed by atoms with Crippen LogP contribution in [0.2, 0.25) is 0 Å². The van der Waals surface area contributed by atoms with E-state index in [0.717, 1.165) is 6.42 Å². The molecule has 0 rings (SSSR count). The summed E-state index contributed by atoms with van der Waals surface area (Å²) in [5.41, 5.74) is -1.28. The molecule has 0 aromatic rings. The highest BCUT2D eigenvalue weighted by atomic mass is 16.6. The van der Waals surface area contributed by atoms with Crippen LogP contribution in [0, 0.1) is 0 Å². The van der Waals surface area contributed by atoms with Crippen molar-refractivity contribution in [1.29, 1.82) is 0 Å². The molecule has 5 heteroatoms. The fourth-order valence-electron chi connectivity index (χ4n) is 1.40. The van der Waals surface area contributed by atoms with Crippen molar-refractivity contribution in [2.45, 2.75) is 78.2 Å². The van der Waals surface area contributed by atoms with Gasteiger partial charge in [-0.3, -0.25) is 0 Å². The van der Waals surface area contributed by atoms with Crippen LogP contribution in [0.1, 0.15) is 54.9 Å². The predicted molar refractivity (Wildman–Crippen MR) is 77.2 cm³/mol. The van der Waals surface area contributed by atoms with E-state index in [0.29, 0.717) is 6.54 Å². The highest BCUT2D eigenvalue weighted by Gasteiger charge is 2.24. The van der Waals surface area contributed by atoms with E-state index in [1.807, 2.05) is 34.6 Å². The monoisotopic (exact) mass is 274 g/mol. The van der Waals surface area contributed by atoms with Gasteiger partial charge in [0.2, 0.25) is 0 Å². The fourth-order valence-corrected chi connectivity index (χ4v) is 1.40. The zero-order valence-electron chi connectivity index (χ0n) is 13.3. The van der Waals surface area contributed by atoms with Crippen LogP contribution in [-0.4, -0.2) is 41.0 Å². The first-order valence-corrected chi connectivity index (χ1v) is 6.91. The Morgan fingerprint density at radius 1 is 1.26 bits per heavy atom. The van der Waals surface area contributed by atoms with Gasteiger partial charge in [-0.1, -0.05) is 6.92 Å². The number of amides is 1. The molecule has 0 bridgehead atoms. The van der Waals surface area contributed by atoms with Gasteiger partial charge >= 0.3 is 6.09 Å². The molecule has 0 radical (unpaired) electrons. The van der Waals surface area contributed by atoms with Gasteiger partial charge in [0.05, 0.1) is 5.60 Å². The summed E-state index contributed by atoms with van der Waals surface area (Å²) < 4.78 is 5.18. The number of hydrogen-bond donors (Lipinski definition) is 3. The zero-order valence-corrected chi connectivity index (χ0v) is 13.3. The Hall–Kier alpha value is -0.810. The molecule has 0 aromatic heterocycles. The van der Waals surface area contributed by atoms with Crippen molar-refractivity contribution in [3.63, 3.8) is 0 Å². The van der Waals surface area contributed by atoms with Gasteiger partial charge in [0.1, 0.15) is 5.60 Å². The third-order valence-electron chi connectivity index (χ3n) is 2.93. The fraction of sp³-hybridized carbons (Fsp3) is 0.929. The molecule has 2 atom stereocenters. The molecule has 0 fully saturated rings. The van der Waals surface area contributed by atoms with E-state index >= 15 is 0 Å². The van der Waals surface area contributed by atoms with Crippen molar-refractivity contribution in [2.24, 2.45) is 0 Å². The van der Waals surface area contributed by atoms with E-state index in [2.05, 4.69) is 10.6 Å². The number of ether oxygens (including phenoxy) is 1. The second-order valence-electron chi connectivity index (χ2n) is 6.53. The zero-order chi connectivity index (χ0) is 15.3. The summed E-state index contributed by atoms with van der Waals surface area (Å²) in [6.07, 6.45) is 0.444. The molecule has 0 aliphatic heterocycles. The van der Waals surface area contributed by atoms with Crippen molar-refractivity contribution >= 4 is 6.09 Å². The summed E-state index contributed by atoms with van der Waals surface area (Å²) >= 11 is 0. The summed E-state index contributed by atoms with van der Waals surface area (Å²) in [5.74, 6) is 0. The molecule has 0 saturated heterocycles. The van der Waals surface area contributed by atoms with Gasteiger partial charge in [0.15, 0.2) is 0 Å². The summed E-state index contributed by atoms with van der Waals surface area (Å²) in [6.45, 7) is 13.5. The van der Waals surface area contributed by atoms with Crippen LogP contribution in [0.3, 0.4) is 0 Å². The molecule has 0 aromatic carbocycles. The molecule has 0 spiro atoms. The topological polar surface area (TPSA) is 70.6 Å². The lowest BCUT2D eigenvalue weighted by molar-refractivity contribution is 0.0382. The molecule has 0 heterocycles. The Morgan fingerprint density at radius 3 is 2.16 bits per heavy atom. The standard InChI is InChI=1S/C14H30N2O3/c1-8-11(16-10(2)14(6,7)18)9-15-12(17)19-13(3,4)5/h10-11,16,18H,8-9H2,1-7H3,(H,15,17). The first-order valence-electron chi connectivity index (χ1n) is 6.91. The van der Waals surface area contributed by atoms with Crippen molar-refractivity contribution < 1.29 is 14.6 Å². The number of carbonyl (C=O) groups excluding carboxylic acids is 1. The Labute approximate surface area is 117 Å². The van der Waals surface area contributed by atoms with E-state index in [1.165, 1.54) is 0 Å². The van der Waals surface area contributed by atoms with Gasteiger partial charge in [0, 0.05) is 18.6 Å². The van der Waals surface area contributed by atoms with Crippen LogP contribution >= 0.6 is 0 Å². The average Bonchev–Trinajstić information content (AvgIpc) is 2.19. The minimum absolute atomic E-state index is 0.0575. The molecule has 2 unspecified atom stereocenters. The Bertz CT molecular complexity index is 279. The largest absolute Gasteiger partial charge is 0.444 e. The Kier molecular flexibility index (Phi) is 6.80. The van der Waals surface area contributed by atoms with Crippen molar-refractivity contribution in [1.82, 2.24) is 10.6 Å². The number of rotatable bonds is 6. The van der Waals surface area contributed by atoms with Gasteiger partial charge < -0.3 is 20.5 Å². The molecule has 19 heavy (non-hydrogen) atoms. The van der Waals surface area contributed by atoms with Crippen molar-refractivity contribution in [3.8, 4) is 0 Å². The lowest BCUT2D eigenvalue weighted by atomic mass is 9.99. The second kappa shape index (κ2) is 7.10. The maximum Gasteiger partial charge on any atom is 0.407 e. The maximum absolute atomic E-state index is 11.6. The second-order valence-corrected chi connectivity index (χ2v) is 6.53. The quantitative estimate of drug-likeness (QED) is 0.693. The molecule has 114 valence electrons. The van der Waals surface area contributed by atoms with E-state index in [9.17, 15) is 9.90 Å². The molecule has 0 saturated carbocycles. The number of alkyl carbamates (subject to hydrolysis) is 1. The lowest BCUT2D eigenvalue weighted by Crippen LogP contribution is -2.52. The van der Waals surface area contributed by atoms with Gasteiger partial charge in [-0.25, -0.2) is 4.79 Å². The first kappa shape index (κ1) is 18.2. The third-order valence-corrected chi connectivity index (χ3v) is 2.93. The van der Waals surface area contributed by atoms with E-state index in [-0.39, 0.29) is 12.1 Å². The minimum Gasteiger partial charge on any atom is -0.444 e. The molecule has 0 aliphatic carbocycles. The summed E-state index contributed by atoms with van der Waals surface area (Å²) in [6, 6.07) is 0.0480. The molecule has 5 nitrogen and oxygen atoms in total. The Morgan fingerprint density at radius 2 is 1.79 bits per heavy atom. The SMILES string of the molecule is CCC(CNC(=O)OC(C)(C)C)NC(C)C(C)(C)O. The van der Waals surface area contributed by atoms with Crippen LogP contribution in [0.15, 0.2) is 0 Å². The van der Waals surface area contributed by atoms with Gasteiger partial charge in [-0.15, -0.1) is 0 Å². The van der Waals surface area contributed by atoms with Crippen LogP contribution in [0.4, 0.5) is 4.79 Å². The van der Waals surface area contributed by atoms with Crippen molar-refractivity contribution in [3.05, 3.63) is 0 Å².